The van der Waals surface area contributed by atoms with Crippen LogP contribution in [0.1, 0.15) is 24.0 Å². The maximum absolute atomic E-state index is 12.8. The summed E-state index contributed by atoms with van der Waals surface area (Å²) in [6.07, 6.45) is -2.60. The molecule has 6 nitrogen and oxygen atoms in total. The molecule has 3 rings (SSSR count). The van der Waals surface area contributed by atoms with Crippen LogP contribution >= 0.6 is 24.0 Å². The Hall–Kier alpha value is -3.05. The van der Waals surface area contributed by atoms with Crippen LogP contribution in [0.5, 0.6) is 11.5 Å². The molecule has 0 saturated carbocycles. The third-order valence-electron chi connectivity index (χ3n) is 4.63. The number of amides is 2. The second-order valence-corrected chi connectivity index (χ2v) is 8.67. The number of halogens is 3. The highest BCUT2D eigenvalue weighted by Gasteiger charge is 2.32. The largest absolute Gasteiger partial charge is 0.504 e. The van der Waals surface area contributed by atoms with Crippen molar-refractivity contribution in [3.05, 3.63) is 58.5 Å². The van der Waals surface area contributed by atoms with Gasteiger partial charge >= 0.3 is 6.18 Å². The van der Waals surface area contributed by atoms with Gasteiger partial charge in [0.15, 0.2) is 11.5 Å². The van der Waals surface area contributed by atoms with Crippen LogP contribution in [0.25, 0.3) is 6.08 Å². The molecule has 0 aliphatic carbocycles. The van der Waals surface area contributed by atoms with Crippen LogP contribution in [0.15, 0.2) is 47.4 Å². The van der Waals surface area contributed by atoms with E-state index >= 15 is 0 Å². The fourth-order valence-corrected chi connectivity index (χ4v) is 4.33. The van der Waals surface area contributed by atoms with Crippen molar-refractivity contribution in [3.8, 4) is 11.5 Å². The summed E-state index contributed by atoms with van der Waals surface area (Å²) in [5.41, 5.74) is -0.158. The van der Waals surface area contributed by atoms with Gasteiger partial charge in [0.2, 0.25) is 5.91 Å². The molecule has 0 spiro atoms. The average Bonchev–Trinajstić information content (AvgIpc) is 3.02. The average molecular weight is 497 g/mol. The lowest BCUT2D eigenvalue weighted by atomic mass is 10.2. The maximum atomic E-state index is 12.8. The fraction of sp³-hybridized carbons (Fsp3) is 0.227. The van der Waals surface area contributed by atoms with Gasteiger partial charge in [-0.3, -0.25) is 14.5 Å². The number of alkyl halides is 3. The summed E-state index contributed by atoms with van der Waals surface area (Å²) in [5, 5.41) is 12.1. The Morgan fingerprint density at radius 3 is 2.73 bits per heavy atom. The number of thioether (sulfide) groups is 1. The van der Waals surface area contributed by atoms with E-state index in [-0.39, 0.29) is 42.5 Å². The van der Waals surface area contributed by atoms with Crippen molar-refractivity contribution < 1.29 is 32.6 Å². The monoisotopic (exact) mass is 496 g/mol. The summed E-state index contributed by atoms with van der Waals surface area (Å²) in [7, 11) is 1.42. The van der Waals surface area contributed by atoms with Crippen LogP contribution in [-0.4, -0.2) is 39.8 Å². The Morgan fingerprint density at radius 2 is 2.03 bits per heavy atom. The van der Waals surface area contributed by atoms with E-state index in [1.165, 1.54) is 30.2 Å². The number of carbonyl (C=O) groups is 2. The van der Waals surface area contributed by atoms with Crippen LogP contribution in [0.4, 0.5) is 18.9 Å². The molecule has 2 N–H and O–H groups in total. The highest BCUT2D eigenvalue weighted by atomic mass is 32.2. The number of aromatic hydroxyl groups is 1. The van der Waals surface area contributed by atoms with Crippen LogP contribution in [0, 0.1) is 0 Å². The first-order valence-electron chi connectivity index (χ1n) is 9.68. The number of methoxy groups -OCH3 is 1. The Kier molecular flexibility index (Phi) is 7.65. The van der Waals surface area contributed by atoms with Crippen LogP contribution in [0.2, 0.25) is 0 Å². The fourth-order valence-electron chi connectivity index (χ4n) is 3.02. The number of thiocarbonyl (C=S) groups is 1. The van der Waals surface area contributed by atoms with E-state index < -0.39 is 17.6 Å². The molecular weight excluding hydrogens is 477 g/mol. The lowest BCUT2D eigenvalue weighted by Gasteiger charge is -2.14. The van der Waals surface area contributed by atoms with Crippen molar-refractivity contribution >= 4 is 51.9 Å². The molecule has 1 aliphatic rings. The molecular formula is C22H19F3N2O4S2. The molecule has 2 amide bonds. The molecule has 1 heterocycles. The van der Waals surface area contributed by atoms with Gasteiger partial charge in [-0.05, 0) is 48.4 Å². The van der Waals surface area contributed by atoms with Crippen LogP contribution in [-0.2, 0) is 15.8 Å². The van der Waals surface area contributed by atoms with Crippen molar-refractivity contribution in [2.45, 2.75) is 19.0 Å². The van der Waals surface area contributed by atoms with Crippen molar-refractivity contribution in [2.24, 2.45) is 0 Å². The zero-order valence-electron chi connectivity index (χ0n) is 17.3. The van der Waals surface area contributed by atoms with Crippen molar-refractivity contribution in [1.82, 2.24) is 4.90 Å². The predicted octanol–water partition coefficient (Wildman–Crippen LogP) is 5.04. The molecule has 1 saturated heterocycles. The molecule has 2 aromatic carbocycles. The highest BCUT2D eigenvalue weighted by molar-refractivity contribution is 8.26. The van der Waals surface area contributed by atoms with E-state index in [4.69, 9.17) is 17.0 Å². The quantitative estimate of drug-likeness (QED) is 0.413. The van der Waals surface area contributed by atoms with E-state index in [1.807, 2.05) is 0 Å². The molecule has 1 fully saturated rings. The normalized spacial score (nSPS) is 15.3. The van der Waals surface area contributed by atoms with Gasteiger partial charge in [-0.15, -0.1) is 0 Å². The van der Waals surface area contributed by atoms with Gasteiger partial charge in [0, 0.05) is 18.7 Å². The molecule has 0 bridgehead atoms. The maximum Gasteiger partial charge on any atom is 0.416 e. The summed E-state index contributed by atoms with van der Waals surface area (Å²) >= 11 is 6.39. The van der Waals surface area contributed by atoms with E-state index in [9.17, 15) is 27.9 Å². The minimum Gasteiger partial charge on any atom is -0.504 e. The molecule has 0 radical (unpaired) electrons. The number of phenolic OH excluding ortho intramolecular Hbond substituents is 1. The molecule has 33 heavy (non-hydrogen) atoms. The number of hydrogen-bond acceptors (Lipinski definition) is 6. The summed E-state index contributed by atoms with van der Waals surface area (Å²) in [6, 6.07) is 9.04. The Bertz CT molecular complexity index is 1120. The number of nitrogens with zero attached hydrogens (tertiary/aromatic N) is 1. The zero-order chi connectivity index (χ0) is 24.2. The number of ether oxygens (including phenoxy) is 1. The first-order valence-corrected chi connectivity index (χ1v) is 10.9. The molecule has 0 aromatic heterocycles. The topological polar surface area (TPSA) is 78.9 Å². The summed E-state index contributed by atoms with van der Waals surface area (Å²) < 4.78 is 43.8. The summed E-state index contributed by atoms with van der Waals surface area (Å²) in [4.78, 5) is 26.6. The zero-order valence-corrected chi connectivity index (χ0v) is 18.9. The minimum atomic E-state index is -4.50. The first kappa shape index (κ1) is 24.6. The van der Waals surface area contributed by atoms with Gasteiger partial charge in [0.1, 0.15) is 4.32 Å². The molecule has 0 unspecified atom stereocenters. The number of benzene rings is 2. The van der Waals surface area contributed by atoms with Crippen molar-refractivity contribution in [2.75, 3.05) is 19.0 Å². The van der Waals surface area contributed by atoms with E-state index in [0.717, 1.165) is 23.9 Å². The number of phenols is 1. The van der Waals surface area contributed by atoms with Gasteiger partial charge in [-0.2, -0.15) is 13.2 Å². The summed E-state index contributed by atoms with van der Waals surface area (Å²) in [6.45, 7) is 0.191. The van der Waals surface area contributed by atoms with E-state index in [1.54, 1.807) is 18.2 Å². The predicted molar refractivity (Wildman–Crippen MR) is 124 cm³/mol. The Balaban J connectivity index is 1.56. The van der Waals surface area contributed by atoms with Crippen LogP contribution < -0.4 is 10.1 Å². The van der Waals surface area contributed by atoms with E-state index in [0.29, 0.717) is 14.8 Å². The molecule has 174 valence electrons. The Labute approximate surface area is 197 Å². The highest BCUT2D eigenvalue weighted by Crippen LogP contribution is 2.34. The van der Waals surface area contributed by atoms with Crippen LogP contribution in [0.3, 0.4) is 0 Å². The molecule has 11 heteroatoms. The summed E-state index contributed by atoms with van der Waals surface area (Å²) in [5.74, 6) is -0.529. The second-order valence-electron chi connectivity index (χ2n) is 6.99. The van der Waals surface area contributed by atoms with Gasteiger partial charge < -0.3 is 15.2 Å². The molecule has 0 atom stereocenters. The smallest absolute Gasteiger partial charge is 0.416 e. The van der Waals surface area contributed by atoms with E-state index in [2.05, 4.69) is 5.32 Å². The number of nitrogens with one attached hydrogen (secondary N) is 1. The number of carbonyl (C=O) groups excluding carboxylic acids is 2. The number of hydrogen-bond donors (Lipinski definition) is 2. The van der Waals surface area contributed by atoms with Gasteiger partial charge in [-0.1, -0.05) is 36.1 Å². The first-order chi connectivity index (χ1) is 15.6. The number of anilines is 1. The minimum absolute atomic E-state index is 0.00150. The van der Waals surface area contributed by atoms with Crippen molar-refractivity contribution in [3.63, 3.8) is 0 Å². The molecule has 2 aromatic rings. The standard InChI is InChI=1S/C22H19F3N2O4S2/c1-31-17-10-13(7-8-16(17)28)11-18-20(30)27(21(32)33-18)9-3-6-19(29)26-15-5-2-4-14(12-15)22(23,24)25/h2,4-5,7-8,10-12,28H,3,6,9H2,1H3,(H,26,29)/b18-11-. The van der Waals surface area contributed by atoms with Gasteiger partial charge in [0.05, 0.1) is 17.6 Å². The van der Waals surface area contributed by atoms with Gasteiger partial charge in [0.25, 0.3) is 5.91 Å². The van der Waals surface area contributed by atoms with Crippen molar-refractivity contribution in [1.29, 1.82) is 0 Å². The van der Waals surface area contributed by atoms with Gasteiger partial charge in [-0.25, -0.2) is 0 Å². The third-order valence-corrected chi connectivity index (χ3v) is 6.01. The molecule has 1 aliphatic heterocycles. The lowest BCUT2D eigenvalue weighted by molar-refractivity contribution is -0.137. The third kappa shape index (κ3) is 6.26. The number of rotatable bonds is 7. The second kappa shape index (κ2) is 10.3. The Morgan fingerprint density at radius 1 is 1.27 bits per heavy atom. The lowest BCUT2D eigenvalue weighted by Crippen LogP contribution is -2.29. The SMILES string of the molecule is COc1cc(/C=C2\SC(=S)N(CCCC(=O)Nc3cccc(C(F)(F)F)c3)C2=O)ccc1O.